The second-order valence-electron chi connectivity index (χ2n) is 30.1. The summed E-state index contributed by atoms with van der Waals surface area (Å²) in [4.78, 5) is 192. The lowest BCUT2D eigenvalue weighted by Gasteiger charge is -2.18. The van der Waals surface area contributed by atoms with Crippen molar-refractivity contribution in [1.82, 2.24) is 58.1 Å². The van der Waals surface area contributed by atoms with E-state index >= 15 is 0 Å². The number of ketones is 4. The van der Waals surface area contributed by atoms with E-state index in [9.17, 15) is 75.8 Å². The molecule has 8 heterocycles. The average Bonchev–Trinajstić information content (AvgIpc) is 0.776. The summed E-state index contributed by atoms with van der Waals surface area (Å²) >= 11 is 12.0. The van der Waals surface area contributed by atoms with Crippen LogP contribution in [0.1, 0.15) is 210 Å². The number of anilines is 4. The monoisotopic (exact) mass is 1760 g/mol. The van der Waals surface area contributed by atoms with Crippen molar-refractivity contribution in [3.8, 4) is 5.75 Å². The van der Waals surface area contributed by atoms with Crippen LogP contribution in [0, 0.1) is 64.9 Å². The fourth-order valence-electron chi connectivity index (χ4n) is 13.9. The molecule has 38 heteroatoms. The van der Waals surface area contributed by atoms with Crippen LogP contribution in [-0.2, 0) is 26.2 Å². The van der Waals surface area contributed by atoms with E-state index in [1.54, 1.807) is 125 Å². The molecule has 12 aromatic rings. The maximum atomic E-state index is 13.8. The molecule has 0 bridgehead atoms. The molecule has 0 amide bonds. The number of nitrogens with two attached hydrogens (primary N) is 4. The van der Waals surface area contributed by atoms with Crippen LogP contribution in [0.2, 0.25) is 10.2 Å². The minimum Gasteiger partial charge on any atom is -0.504 e. The van der Waals surface area contributed by atoms with Gasteiger partial charge in [-0.15, -0.1) is 0 Å². The van der Waals surface area contributed by atoms with E-state index in [1.165, 1.54) is 65.4 Å². The standard InChI is InChI=1S/C24H22FN5O3.C22H20ClN5O3.C22H20FN5O4.C21H17ClFN5O3/c1-13(2)20-21(22(31)17-8-14(3)7-15(9-17)5-6-27-4)30(24(33)29-23(20)32)12-16-10-18(25)28-19(26)11-16;1-11(2)18-19(20(29)14-5-12(3)6-15(9-14)25-4)28(22(31)27-21(18)30)10-13-7-16(23)26-17(24)8-13;1-10(2)16-17(18(29)12-5-11(3)6-14(7-12)25-4)28(22(32)27-21(16)31)9-13-8-15(23)26-20(24)19(13)30;1-10(2)17-18(19(29)12-6-13(22)8-14(7-12)25-3)28(21(31)27-20(17)30)9-11-4-15(23)26-16(24)5-11/h5-11,13H,12H2,1-3H3,(H2,26,28)(H,29,32,33);5-9,11H,10H2,1-3H3,(H2,24,26)(H,27,30,31);5-8,10,30H,9H2,1-3H3,(H2,24,26)(H,27,31,32);4-8,10H,9H2,1-2H3,(H2,24,26)(H,27,30,31)/b6-5+;;;. The Balaban J connectivity index is 0.000000191. The summed E-state index contributed by atoms with van der Waals surface area (Å²) in [7, 11) is 0. The van der Waals surface area contributed by atoms with Crippen LogP contribution < -0.4 is 67.9 Å². The number of aromatic hydroxyl groups is 1. The van der Waals surface area contributed by atoms with Crippen molar-refractivity contribution in [2.24, 2.45) is 0 Å². The predicted octanol–water partition coefficient (Wildman–Crippen LogP) is 12.6. The van der Waals surface area contributed by atoms with E-state index in [0.717, 1.165) is 43.0 Å². The van der Waals surface area contributed by atoms with Crippen molar-refractivity contribution in [2.45, 2.75) is 126 Å². The van der Waals surface area contributed by atoms with Gasteiger partial charge >= 0.3 is 22.8 Å². The van der Waals surface area contributed by atoms with Gasteiger partial charge in [0.1, 0.15) is 45.4 Å². The fraction of sp³-hybridized carbons (Fsp3) is 0.213. The summed E-state index contributed by atoms with van der Waals surface area (Å²) < 4.78 is 45.6. The summed E-state index contributed by atoms with van der Waals surface area (Å²) in [6, 6.07) is 27.2. The van der Waals surface area contributed by atoms with E-state index < -0.39 is 116 Å². The number of hydrogen-bond acceptors (Lipinski definition) is 21. The van der Waals surface area contributed by atoms with Gasteiger partial charge in [0.2, 0.25) is 41.0 Å². The van der Waals surface area contributed by atoms with Crippen molar-refractivity contribution >= 4 is 92.7 Å². The average molecular weight is 1760 g/mol. The third kappa shape index (κ3) is 22.6. The zero-order valence-electron chi connectivity index (χ0n) is 69.7. The number of benzene rings is 4. The van der Waals surface area contributed by atoms with Gasteiger partial charge in [-0.1, -0.05) is 126 Å². The molecule has 0 unspecified atom stereocenters. The Morgan fingerprint density at radius 3 is 1.07 bits per heavy atom. The highest BCUT2D eigenvalue weighted by Crippen LogP contribution is 2.32. The summed E-state index contributed by atoms with van der Waals surface area (Å²) in [6.07, 6.45) is 2.83. The predicted molar refractivity (Wildman–Crippen MR) is 472 cm³/mol. The molecular weight excluding hydrogens is 1690 g/mol. The number of rotatable bonds is 21. The fourth-order valence-corrected chi connectivity index (χ4v) is 14.3. The number of nitrogens with one attached hydrogen (secondary N) is 4. The first-order valence-corrected chi connectivity index (χ1v) is 39.0. The van der Waals surface area contributed by atoms with Crippen LogP contribution >= 0.6 is 23.2 Å². The number of aryl methyl sites for hydroxylation is 3. The summed E-state index contributed by atoms with van der Waals surface area (Å²) in [6.45, 7) is 46.7. The minimum atomic E-state index is -0.981. The number of nitrogen functional groups attached to an aromatic ring is 4. The molecule has 33 nitrogen and oxygen atoms in total. The summed E-state index contributed by atoms with van der Waals surface area (Å²) in [5, 5.41) is 10.5. The third-order valence-corrected chi connectivity index (χ3v) is 19.4. The van der Waals surface area contributed by atoms with Crippen LogP contribution in [-0.4, -0.2) is 86.4 Å². The quantitative estimate of drug-likeness (QED) is 0.0183. The van der Waals surface area contributed by atoms with Crippen molar-refractivity contribution in [3.05, 3.63) is 390 Å². The highest BCUT2D eigenvalue weighted by Gasteiger charge is 2.31. The van der Waals surface area contributed by atoms with Crippen LogP contribution in [0.5, 0.6) is 5.75 Å². The van der Waals surface area contributed by atoms with Gasteiger partial charge in [0.15, 0.2) is 34.8 Å². The van der Waals surface area contributed by atoms with Crippen LogP contribution in [0.4, 0.5) is 53.5 Å². The largest absolute Gasteiger partial charge is 0.504 e. The smallest absolute Gasteiger partial charge is 0.329 e. The molecule has 0 spiro atoms. The Kier molecular flexibility index (Phi) is 30.1. The second-order valence-corrected chi connectivity index (χ2v) is 30.9. The summed E-state index contributed by atoms with van der Waals surface area (Å²) in [5.41, 5.74) is 21.5. The SMILES string of the molecule is [C-]#[N+]/C=C/c1cc(C)cc(C(=O)c2c(C(C)C)c(=O)[nH]c(=O)n2Cc2cc(N)nc(F)c2)c1.[C-]#[N+]c1cc(C)cc(C(=O)c2c(C(C)C)c(=O)[nH]c(=O)n2Cc2cc(F)nc(N)c2O)c1.[C-]#[N+]c1cc(C)cc(C(=O)c2c(C(C)C)c(=O)[nH]c(=O)n2Cc2cc(N)nc(Cl)c2)c1.[C-]#[N+]c1cc(Cl)cc(C(=O)c2c(C(C)C)c(=O)[nH]c(=O)n2Cc2cc(N)nc(F)c2)c1. The van der Waals surface area contributed by atoms with Crippen LogP contribution in [0.15, 0.2) is 160 Å². The number of pyridine rings is 4. The highest BCUT2D eigenvalue weighted by molar-refractivity contribution is 6.31. The molecule has 8 aromatic heterocycles. The van der Waals surface area contributed by atoms with Gasteiger partial charge in [-0.3, -0.25) is 76.6 Å². The topological polar surface area (TPSA) is 481 Å². The molecule has 0 aliphatic rings. The molecular formula is C89H79Cl2F3N20O13. The van der Waals surface area contributed by atoms with Gasteiger partial charge in [0.05, 0.1) is 52.5 Å². The zero-order chi connectivity index (χ0) is 93.8. The highest BCUT2D eigenvalue weighted by atomic mass is 35.5. The maximum absolute atomic E-state index is 13.8. The van der Waals surface area contributed by atoms with E-state index in [1.807, 2.05) is 0 Å². The molecule has 0 aliphatic carbocycles. The summed E-state index contributed by atoms with van der Waals surface area (Å²) in [5.74, 6) is -7.66. The number of halogens is 5. The molecule has 0 fully saturated rings. The van der Waals surface area contributed by atoms with Gasteiger partial charge < -0.3 is 28.0 Å². The van der Waals surface area contributed by atoms with Gasteiger partial charge in [0.25, 0.3) is 22.2 Å². The number of nitrogens with zero attached hydrogens (tertiary/aromatic N) is 12. The molecule has 12 rings (SSSR count). The lowest BCUT2D eigenvalue weighted by Crippen LogP contribution is -2.38. The number of carbonyl (C=O) groups excluding carboxylic acids is 4. The first-order chi connectivity index (χ1) is 59.8. The van der Waals surface area contributed by atoms with E-state index in [2.05, 4.69) is 59.3 Å². The van der Waals surface area contributed by atoms with Crippen molar-refractivity contribution in [3.63, 3.8) is 0 Å². The number of aromatic nitrogens is 12. The molecule has 4 aromatic carbocycles. The number of carbonyl (C=O) groups is 4. The molecule has 0 atom stereocenters. The molecule has 0 radical (unpaired) electrons. The Labute approximate surface area is 729 Å². The molecule has 127 heavy (non-hydrogen) atoms. The van der Waals surface area contributed by atoms with E-state index in [-0.39, 0.29) is 149 Å². The van der Waals surface area contributed by atoms with Gasteiger partial charge in [0, 0.05) is 61.2 Å². The lowest BCUT2D eigenvalue weighted by molar-refractivity contribution is 0.101. The lowest BCUT2D eigenvalue weighted by atomic mass is 9.95. The Morgan fingerprint density at radius 2 is 0.732 bits per heavy atom. The molecule has 0 saturated heterocycles. The van der Waals surface area contributed by atoms with E-state index in [0.29, 0.717) is 27.9 Å². The van der Waals surface area contributed by atoms with Crippen molar-refractivity contribution in [1.29, 1.82) is 0 Å². The van der Waals surface area contributed by atoms with Crippen LogP contribution in [0.3, 0.4) is 0 Å². The molecule has 648 valence electrons. The normalized spacial score (nSPS) is 10.9. The first-order valence-electron chi connectivity index (χ1n) is 38.2. The molecule has 13 N–H and O–H groups in total. The third-order valence-electron chi connectivity index (χ3n) is 19.0. The zero-order valence-corrected chi connectivity index (χ0v) is 71.2. The van der Waals surface area contributed by atoms with Gasteiger partial charge in [-0.05, 0) is 151 Å². The maximum Gasteiger partial charge on any atom is 0.329 e. The van der Waals surface area contributed by atoms with Crippen LogP contribution in [0.25, 0.3) is 25.5 Å². The van der Waals surface area contributed by atoms with Crippen molar-refractivity contribution in [2.75, 3.05) is 22.9 Å². The molecule has 0 saturated carbocycles. The Bertz CT molecular complexity index is 6960. The minimum absolute atomic E-state index is 0.0308. The Morgan fingerprint density at radius 1 is 0.417 bits per heavy atom. The molecule has 0 aliphatic heterocycles. The number of hydrogen-bond donors (Lipinski definition) is 9. The Hall–Kier alpha value is -16.1. The number of H-pyrrole nitrogens is 4. The first kappa shape index (κ1) is 94.8. The van der Waals surface area contributed by atoms with Gasteiger partial charge in [-0.25, -0.2) is 53.5 Å². The number of aromatic amines is 4. The van der Waals surface area contributed by atoms with E-state index in [4.69, 9.17) is 72.4 Å². The van der Waals surface area contributed by atoms with Gasteiger partial charge in [-0.2, -0.15) is 18.2 Å². The second kappa shape index (κ2) is 40.3. The van der Waals surface area contributed by atoms with Crippen molar-refractivity contribution < 1.29 is 37.5 Å².